The number of hydrogen-bond acceptors (Lipinski definition) is 4. The van der Waals surface area contributed by atoms with Gasteiger partial charge < -0.3 is 10.0 Å². The van der Waals surface area contributed by atoms with Crippen LogP contribution in [0.25, 0.3) is 11.1 Å². The van der Waals surface area contributed by atoms with Crippen molar-refractivity contribution in [2.24, 2.45) is 0 Å². The molecule has 27 heavy (non-hydrogen) atoms. The van der Waals surface area contributed by atoms with Gasteiger partial charge in [0.05, 0.1) is 23.5 Å². The van der Waals surface area contributed by atoms with Crippen LogP contribution in [0, 0.1) is 6.92 Å². The van der Waals surface area contributed by atoms with Crippen LogP contribution >= 0.6 is 0 Å². The Morgan fingerprint density at radius 2 is 1.96 bits per heavy atom. The van der Waals surface area contributed by atoms with Crippen molar-refractivity contribution in [3.05, 3.63) is 70.8 Å². The van der Waals surface area contributed by atoms with Crippen LogP contribution in [0.4, 0.5) is 0 Å². The first-order valence-corrected chi connectivity index (χ1v) is 8.66. The summed E-state index contributed by atoms with van der Waals surface area (Å²) in [5.74, 6) is -1.17. The van der Waals surface area contributed by atoms with Gasteiger partial charge in [0, 0.05) is 18.3 Å². The van der Waals surface area contributed by atoms with Gasteiger partial charge in [0.25, 0.3) is 5.91 Å². The molecule has 3 aromatic rings. The van der Waals surface area contributed by atoms with E-state index >= 15 is 0 Å². The molecule has 1 amide bonds. The second-order valence-corrected chi connectivity index (χ2v) is 6.50. The van der Waals surface area contributed by atoms with E-state index in [0.717, 1.165) is 11.1 Å². The van der Waals surface area contributed by atoms with Crippen molar-refractivity contribution in [3.8, 4) is 11.1 Å². The van der Waals surface area contributed by atoms with E-state index in [1.807, 2.05) is 43.3 Å². The highest BCUT2D eigenvalue weighted by Crippen LogP contribution is 2.28. The minimum Gasteiger partial charge on any atom is -0.476 e. The van der Waals surface area contributed by atoms with Crippen molar-refractivity contribution in [2.45, 2.75) is 19.9 Å². The smallest absolute Gasteiger partial charge is 0.356 e. The lowest BCUT2D eigenvalue weighted by Crippen LogP contribution is -2.37. The molecule has 2 aromatic heterocycles. The van der Waals surface area contributed by atoms with Crippen LogP contribution in [0.15, 0.2) is 42.6 Å². The van der Waals surface area contributed by atoms with Gasteiger partial charge in [-0.25, -0.2) is 4.79 Å². The number of amides is 1. The number of rotatable bonds is 3. The summed E-state index contributed by atoms with van der Waals surface area (Å²) in [7, 11) is 0. The highest BCUT2D eigenvalue weighted by atomic mass is 16.4. The second kappa shape index (κ2) is 6.68. The molecule has 0 saturated carbocycles. The van der Waals surface area contributed by atoms with Crippen LogP contribution < -0.4 is 0 Å². The summed E-state index contributed by atoms with van der Waals surface area (Å²) in [5, 5.41) is 15.8. The third-order valence-electron chi connectivity index (χ3n) is 4.86. The molecule has 7 nitrogen and oxygen atoms in total. The molecule has 0 saturated heterocycles. The third-order valence-corrected chi connectivity index (χ3v) is 4.86. The summed E-state index contributed by atoms with van der Waals surface area (Å²) in [6.07, 6.45) is 2.16. The van der Waals surface area contributed by atoms with Crippen LogP contribution in [0.2, 0.25) is 0 Å². The molecule has 0 aliphatic carbocycles. The largest absolute Gasteiger partial charge is 0.476 e. The number of carbonyl (C=O) groups excluding carboxylic acids is 1. The van der Waals surface area contributed by atoms with Gasteiger partial charge in [0.1, 0.15) is 0 Å². The summed E-state index contributed by atoms with van der Waals surface area (Å²) in [4.78, 5) is 30.6. The molecule has 3 heterocycles. The monoisotopic (exact) mass is 362 g/mol. The van der Waals surface area contributed by atoms with Gasteiger partial charge in [-0.1, -0.05) is 30.3 Å². The average Bonchev–Trinajstić information content (AvgIpc) is 3.11. The van der Waals surface area contributed by atoms with E-state index in [2.05, 4.69) is 15.2 Å². The number of aromatic amines is 1. The fraction of sp³-hybridized carbons (Fsp3) is 0.200. The Kier molecular flexibility index (Phi) is 4.19. The Bertz CT molecular complexity index is 1030. The van der Waals surface area contributed by atoms with Crippen LogP contribution in [0.3, 0.4) is 0 Å². The van der Waals surface area contributed by atoms with Gasteiger partial charge in [-0.05, 0) is 30.5 Å². The molecule has 2 N–H and O–H groups in total. The van der Waals surface area contributed by atoms with Crippen molar-refractivity contribution >= 4 is 11.9 Å². The quantitative estimate of drug-likeness (QED) is 0.746. The first-order valence-electron chi connectivity index (χ1n) is 8.66. The molecule has 1 aliphatic heterocycles. The van der Waals surface area contributed by atoms with Gasteiger partial charge in [-0.2, -0.15) is 5.10 Å². The van der Waals surface area contributed by atoms with Gasteiger partial charge in [-0.15, -0.1) is 0 Å². The number of aryl methyl sites for hydroxylation is 1. The lowest BCUT2D eigenvalue weighted by molar-refractivity contribution is 0.0689. The van der Waals surface area contributed by atoms with Crippen molar-refractivity contribution in [1.82, 2.24) is 20.1 Å². The Hall–Kier alpha value is -3.48. The molecule has 1 aromatic carbocycles. The van der Waals surface area contributed by atoms with Crippen LogP contribution in [-0.2, 0) is 13.0 Å². The molecular formula is C20H18N4O3. The zero-order chi connectivity index (χ0) is 19.0. The molecule has 0 radical (unpaired) electrons. The first-order chi connectivity index (χ1) is 13.1. The standard InChI is InChI=1S/C20H18N4O3/c1-12-17(14(7-9-21-12)13-5-3-2-4-6-13)19(25)24-10-8-15-16(11-24)22-23-18(15)20(26)27/h2-7,9H,8,10-11H2,1H3,(H,22,23)(H,26,27). The highest BCUT2D eigenvalue weighted by Gasteiger charge is 2.29. The number of H-pyrrole nitrogens is 1. The van der Waals surface area contributed by atoms with E-state index in [1.54, 1.807) is 11.1 Å². The number of aromatic nitrogens is 3. The zero-order valence-electron chi connectivity index (χ0n) is 14.8. The molecule has 0 fully saturated rings. The Morgan fingerprint density at radius 1 is 1.19 bits per heavy atom. The van der Waals surface area contributed by atoms with Crippen molar-refractivity contribution < 1.29 is 14.7 Å². The summed E-state index contributed by atoms with van der Waals surface area (Å²) < 4.78 is 0. The predicted molar refractivity (Wildman–Crippen MR) is 98.4 cm³/mol. The fourth-order valence-corrected chi connectivity index (χ4v) is 3.52. The zero-order valence-corrected chi connectivity index (χ0v) is 14.8. The fourth-order valence-electron chi connectivity index (χ4n) is 3.52. The molecule has 136 valence electrons. The SMILES string of the molecule is Cc1nccc(-c2ccccc2)c1C(=O)N1CCc2c(C(=O)O)n[nH]c2C1. The Balaban J connectivity index is 1.69. The topological polar surface area (TPSA) is 99.2 Å². The lowest BCUT2D eigenvalue weighted by Gasteiger charge is -2.28. The van der Waals surface area contributed by atoms with Crippen LogP contribution in [-0.4, -0.2) is 43.6 Å². The Morgan fingerprint density at radius 3 is 2.70 bits per heavy atom. The summed E-state index contributed by atoms with van der Waals surface area (Å²) >= 11 is 0. The maximum Gasteiger partial charge on any atom is 0.356 e. The normalized spacial score (nSPS) is 13.3. The van der Waals surface area contributed by atoms with Crippen molar-refractivity contribution in [3.63, 3.8) is 0 Å². The molecule has 0 spiro atoms. The maximum atomic E-state index is 13.3. The molecule has 4 rings (SSSR count). The van der Waals surface area contributed by atoms with Crippen LogP contribution in [0.5, 0.6) is 0 Å². The highest BCUT2D eigenvalue weighted by molar-refractivity contribution is 6.02. The first kappa shape index (κ1) is 17.0. The maximum absolute atomic E-state index is 13.3. The summed E-state index contributed by atoms with van der Waals surface area (Å²) in [5.41, 5.74) is 4.44. The van der Waals surface area contributed by atoms with E-state index < -0.39 is 5.97 Å². The van der Waals surface area contributed by atoms with Crippen molar-refractivity contribution in [1.29, 1.82) is 0 Å². The lowest BCUT2D eigenvalue weighted by atomic mass is 9.97. The van der Waals surface area contributed by atoms with Crippen molar-refractivity contribution in [2.75, 3.05) is 6.54 Å². The van der Waals surface area contributed by atoms with E-state index in [-0.39, 0.29) is 11.6 Å². The van der Waals surface area contributed by atoms with Gasteiger partial charge in [0.15, 0.2) is 5.69 Å². The van der Waals surface area contributed by atoms with E-state index in [0.29, 0.717) is 42.0 Å². The Labute approximate surface area is 155 Å². The average molecular weight is 362 g/mol. The molecule has 1 aliphatic rings. The molecule has 7 heteroatoms. The number of fused-ring (bicyclic) bond motifs is 1. The minimum absolute atomic E-state index is 0.0413. The van der Waals surface area contributed by atoms with E-state index in [9.17, 15) is 14.7 Å². The number of nitrogens with zero attached hydrogens (tertiary/aromatic N) is 3. The number of hydrogen-bond donors (Lipinski definition) is 2. The molecule has 0 atom stereocenters. The molecular weight excluding hydrogens is 344 g/mol. The number of carboxylic acids is 1. The number of carboxylic acid groups (broad SMARTS) is 1. The number of carbonyl (C=O) groups is 2. The summed E-state index contributed by atoms with van der Waals surface area (Å²) in [6.45, 7) is 2.57. The number of pyridine rings is 1. The summed E-state index contributed by atoms with van der Waals surface area (Å²) in [6, 6.07) is 11.6. The van der Waals surface area contributed by atoms with Crippen LogP contribution in [0.1, 0.15) is 37.8 Å². The molecule has 0 unspecified atom stereocenters. The second-order valence-electron chi connectivity index (χ2n) is 6.50. The molecule has 0 bridgehead atoms. The number of nitrogens with one attached hydrogen (secondary N) is 1. The minimum atomic E-state index is -1.05. The van der Waals surface area contributed by atoms with Gasteiger partial charge >= 0.3 is 5.97 Å². The van der Waals surface area contributed by atoms with E-state index in [1.165, 1.54) is 0 Å². The van der Waals surface area contributed by atoms with E-state index in [4.69, 9.17) is 0 Å². The number of aromatic carboxylic acids is 1. The predicted octanol–water partition coefficient (Wildman–Crippen LogP) is 2.68. The third kappa shape index (κ3) is 2.97. The number of benzene rings is 1. The van der Waals surface area contributed by atoms with Gasteiger partial charge in [0.2, 0.25) is 0 Å². The van der Waals surface area contributed by atoms with Gasteiger partial charge in [-0.3, -0.25) is 14.9 Å².